The Morgan fingerprint density at radius 1 is 1.50 bits per heavy atom. The van der Waals surface area contributed by atoms with Gasteiger partial charge in [0.1, 0.15) is 5.76 Å². The van der Waals surface area contributed by atoms with Gasteiger partial charge in [0.25, 0.3) is 5.91 Å². The van der Waals surface area contributed by atoms with E-state index in [4.69, 9.17) is 16.0 Å². The van der Waals surface area contributed by atoms with Crippen molar-refractivity contribution in [2.75, 3.05) is 7.05 Å². The Morgan fingerprint density at radius 3 is 2.89 bits per heavy atom. The van der Waals surface area contributed by atoms with E-state index in [1.54, 1.807) is 30.5 Å². The third kappa shape index (κ3) is 2.54. The summed E-state index contributed by atoms with van der Waals surface area (Å²) in [6, 6.07) is 3.45. The molecule has 94 valence electrons. The van der Waals surface area contributed by atoms with E-state index in [0.717, 1.165) is 11.3 Å². The minimum atomic E-state index is -0.159. The second-order valence-corrected chi connectivity index (χ2v) is 4.43. The molecule has 0 unspecified atom stereocenters. The van der Waals surface area contributed by atoms with Gasteiger partial charge in [-0.05, 0) is 19.1 Å². The molecule has 0 saturated carbocycles. The molecule has 0 atom stereocenters. The summed E-state index contributed by atoms with van der Waals surface area (Å²) in [6.07, 6.45) is 4.64. The first kappa shape index (κ1) is 12.6. The molecule has 0 radical (unpaired) electrons. The summed E-state index contributed by atoms with van der Waals surface area (Å²) < 4.78 is 5.20. The summed E-state index contributed by atoms with van der Waals surface area (Å²) >= 11 is 5.97. The van der Waals surface area contributed by atoms with Crippen LogP contribution in [0.1, 0.15) is 21.7 Å². The van der Waals surface area contributed by atoms with Crippen molar-refractivity contribution in [3.05, 3.63) is 52.7 Å². The minimum absolute atomic E-state index is 0.159. The van der Waals surface area contributed by atoms with Gasteiger partial charge in [0.2, 0.25) is 0 Å². The van der Waals surface area contributed by atoms with Gasteiger partial charge in [-0.3, -0.25) is 9.78 Å². The molecule has 0 aliphatic carbocycles. The van der Waals surface area contributed by atoms with Gasteiger partial charge >= 0.3 is 0 Å². The topological polar surface area (TPSA) is 46.3 Å². The number of hydrogen-bond donors (Lipinski definition) is 0. The second kappa shape index (κ2) is 5.23. The van der Waals surface area contributed by atoms with Crippen LogP contribution in [0.15, 0.2) is 35.2 Å². The van der Waals surface area contributed by atoms with Gasteiger partial charge in [0, 0.05) is 31.5 Å². The van der Waals surface area contributed by atoms with Crippen LogP contribution in [-0.2, 0) is 6.54 Å². The molecule has 0 saturated heterocycles. The third-order valence-electron chi connectivity index (χ3n) is 2.72. The summed E-state index contributed by atoms with van der Waals surface area (Å²) in [4.78, 5) is 17.7. The first-order valence-corrected chi connectivity index (χ1v) is 5.85. The van der Waals surface area contributed by atoms with E-state index < -0.39 is 0 Å². The van der Waals surface area contributed by atoms with Crippen LogP contribution in [0.5, 0.6) is 0 Å². The SMILES string of the molecule is Cc1occc1CN(C)C(=O)c1cnccc1Cl. The van der Waals surface area contributed by atoms with E-state index in [1.807, 2.05) is 13.0 Å². The number of aromatic nitrogens is 1. The van der Waals surface area contributed by atoms with Crippen molar-refractivity contribution in [2.45, 2.75) is 13.5 Å². The van der Waals surface area contributed by atoms with Crippen LogP contribution < -0.4 is 0 Å². The molecule has 0 spiro atoms. The Morgan fingerprint density at radius 2 is 2.28 bits per heavy atom. The monoisotopic (exact) mass is 264 g/mol. The van der Waals surface area contributed by atoms with Gasteiger partial charge in [-0.15, -0.1) is 0 Å². The molecule has 4 nitrogen and oxygen atoms in total. The van der Waals surface area contributed by atoms with Gasteiger partial charge in [0.15, 0.2) is 0 Å². The summed E-state index contributed by atoms with van der Waals surface area (Å²) in [6.45, 7) is 2.34. The zero-order chi connectivity index (χ0) is 13.1. The molecule has 18 heavy (non-hydrogen) atoms. The van der Waals surface area contributed by atoms with Crippen molar-refractivity contribution in [1.29, 1.82) is 0 Å². The van der Waals surface area contributed by atoms with E-state index in [0.29, 0.717) is 17.1 Å². The molecule has 2 aromatic rings. The number of halogens is 1. The Labute approximate surface area is 110 Å². The average molecular weight is 265 g/mol. The Balaban J connectivity index is 2.15. The lowest BCUT2D eigenvalue weighted by Gasteiger charge is -2.17. The Bertz CT molecular complexity index is 566. The standard InChI is InChI=1S/C13H13ClN2O2/c1-9-10(4-6-18-9)8-16(2)13(17)11-7-15-5-3-12(11)14/h3-7H,8H2,1-2H3. The molecule has 0 fully saturated rings. The van der Waals surface area contributed by atoms with Crippen molar-refractivity contribution in [1.82, 2.24) is 9.88 Å². The molecule has 5 heteroatoms. The number of rotatable bonds is 3. The van der Waals surface area contributed by atoms with E-state index in [-0.39, 0.29) is 5.91 Å². The van der Waals surface area contributed by atoms with Crippen LogP contribution in [0.3, 0.4) is 0 Å². The fourth-order valence-corrected chi connectivity index (χ4v) is 1.83. The lowest BCUT2D eigenvalue weighted by Crippen LogP contribution is -2.26. The fourth-order valence-electron chi connectivity index (χ4n) is 1.64. The Hall–Kier alpha value is -1.81. The first-order chi connectivity index (χ1) is 8.59. The number of pyridine rings is 1. The summed E-state index contributed by atoms with van der Waals surface area (Å²) in [5.74, 6) is 0.653. The van der Waals surface area contributed by atoms with Crippen LogP contribution in [0.2, 0.25) is 5.02 Å². The van der Waals surface area contributed by atoms with Gasteiger partial charge < -0.3 is 9.32 Å². The third-order valence-corrected chi connectivity index (χ3v) is 3.05. The van der Waals surface area contributed by atoms with Crippen LogP contribution in [-0.4, -0.2) is 22.8 Å². The lowest BCUT2D eigenvalue weighted by atomic mass is 10.2. The van der Waals surface area contributed by atoms with Crippen molar-refractivity contribution < 1.29 is 9.21 Å². The normalized spacial score (nSPS) is 10.4. The highest BCUT2D eigenvalue weighted by Crippen LogP contribution is 2.17. The number of furan rings is 1. The number of carbonyl (C=O) groups is 1. The molecule has 0 N–H and O–H groups in total. The van der Waals surface area contributed by atoms with Gasteiger partial charge in [-0.1, -0.05) is 11.6 Å². The number of hydrogen-bond acceptors (Lipinski definition) is 3. The maximum absolute atomic E-state index is 12.2. The largest absolute Gasteiger partial charge is 0.469 e. The maximum Gasteiger partial charge on any atom is 0.256 e. The zero-order valence-corrected chi connectivity index (χ0v) is 10.9. The predicted octanol–water partition coefficient (Wildman–Crippen LogP) is 2.91. The van der Waals surface area contributed by atoms with E-state index >= 15 is 0 Å². The number of carbonyl (C=O) groups excluding carboxylic acids is 1. The highest BCUT2D eigenvalue weighted by molar-refractivity contribution is 6.33. The molecule has 2 heterocycles. The van der Waals surface area contributed by atoms with Crippen molar-refractivity contribution >= 4 is 17.5 Å². The lowest BCUT2D eigenvalue weighted by molar-refractivity contribution is 0.0784. The van der Waals surface area contributed by atoms with Crippen molar-refractivity contribution in [3.63, 3.8) is 0 Å². The highest BCUT2D eigenvalue weighted by Gasteiger charge is 2.16. The molecule has 0 aromatic carbocycles. The zero-order valence-electron chi connectivity index (χ0n) is 10.2. The van der Waals surface area contributed by atoms with E-state index in [1.165, 1.54) is 6.20 Å². The fraction of sp³-hybridized carbons (Fsp3) is 0.231. The van der Waals surface area contributed by atoms with Crippen molar-refractivity contribution in [3.8, 4) is 0 Å². The molecule has 1 amide bonds. The molecule has 0 bridgehead atoms. The van der Waals surface area contributed by atoms with E-state index in [9.17, 15) is 4.79 Å². The minimum Gasteiger partial charge on any atom is -0.469 e. The average Bonchev–Trinajstić information content (AvgIpc) is 2.75. The molecular formula is C13H13ClN2O2. The maximum atomic E-state index is 12.2. The smallest absolute Gasteiger partial charge is 0.256 e. The van der Waals surface area contributed by atoms with Gasteiger partial charge in [-0.2, -0.15) is 0 Å². The van der Waals surface area contributed by atoms with Crippen LogP contribution in [0.25, 0.3) is 0 Å². The molecule has 0 aliphatic heterocycles. The summed E-state index contributed by atoms with van der Waals surface area (Å²) in [7, 11) is 1.72. The second-order valence-electron chi connectivity index (χ2n) is 4.02. The number of nitrogens with zero attached hydrogens (tertiary/aromatic N) is 2. The van der Waals surface area contributed by atoms with Crippen LogP contribution in [0.4, 0.5) is 0 Å². The molecule has 2 rings (SSSR count). The highest BCUT2D eigenvalue weighted by atomic mass is 35.5. The van der Waals surface area contributed by atoms with Crippen molar-refractivity contribution in [2.24, 2.45) is 0 Å². The number of aryl methyl sites for hydroxylation is 1. The number of amides is 1. The van der Waals surface area contributed by atoms with Gasteiger partial charge in [-0.25, -0.2) is 0 Å². The molecule has 2 aromatic heterocycles. The molecular weight excluding hydrogens is 252 g/mol. The van der Waals surface area contributed by atoms with Crippen LogP contribution >= 0.6 is 11.6 Å². The van der Waals surface area contributed by atoms with E-state index in [2.05, 4.69) is 4.98 Å². The predicted molar refractivity (Wildman–Crippen MR) is 68.5 cm³/mol. The van der Waals surface area contributed by atoms with Gasteiger partial charge in [0.05, 0.1) is 16.8 Å². The quantitative estimate of drug-likeness (QED) is 0.856. The Kier molecular flexibility index (Phi) is 3.67. The summed E-state index contributed by atoms with van der Waals surface area (Å²) in [5, 5.41) is 0.408. The molecule has 0 aliphatic rings. The first-order valence-electron chi connectivity index (χ1n) is 5.47. The summed E-state index contributed by atoms with van der Waals surface area (Å²) in [5.41, 5.74) is 1.38. The van der Waals surface area contributed by atoms with Crippen LogP contribution in [0, 0.1) is 6.92 Å².